The van der Waals surface area contributed by atoms with Crippen LogP contribution >= 0.6 is 0 Å². The molecule has 1 aromatic heterocycles. The Labute approximate surface area is 93.6 Å². The van der Waals surface area contributed by atoms with E-state index in [-0.39, 0.29) is 6.54 Å². The summed E-state index contributed by atoms with van der Waals surface area (Å²) in [6, 6.07) is 2.93. The van der Waals surface area contributed by atoms with Gasteiger partial charge < -0.3 is 16.0 Å². The second-order valence-corrected chi connectivity index (χ2v) is 4.49. The van der Waals surface area contributed by atoms with E-state index in [9.17, 15) is 4.39 Å². The van der Waals surface area contributed by atoms with Gasteiger partial charge in [-0.2, -0.15) is 4.39 Å². The lowest BCUT2D eigenvalue weighted by Crippen LogP contribution is -2.43. The van der Waals surface area contributed by atoms with Crippen molar-refractivity contribution in [2.24, 2.45) is 5.73 Å². The summed E-state index contributed by atoms with van der Waals surface area (Å²) >= 11 is 0. The molecule has 5 heteroatoms. The Hall–Kier alpha value is -1.20. The van der Waals surface area contributed by atoms with Crippen molar-refractivity contribution in [3.63, 3.8) is 0 Å². The summed E-state index contributed by atoms with van der Waals surface area (Å²) in [5.74, 6) is -0.450. The maximum Gasteiger partial charge on any atom is 0.217 e. The van der Waals surface area contributed by atoms with Gasteiger partial charge in [0.25, 0.3) is 0 Å². The van der Waals surface area contributed by atoms with Gasteiger partial charge in [0, 0.05) is 37.3 Å². The summed E-state index contributed by atoms with van der Waals surface area (Å²) in [5.41, 5.74) is 6.97. The molecule has 86 valence electrons. The third kappa shape index (κ3) is 1.47. The predicted molar refractivity (Wildman–Crippen MR) is 59.6 cm³/mol. The Morgan fingerprint density at radius 2 is 2.50 bits per heavy atom. The molecular formula is C11H15FN4. The monoisotopic (exact) mass is 222 g/mol. The van der Waals surface area contributed by atoms with Gasteiger partial charge in [0.05, 0.1) is 11.9 Å². The van der Waals surface area contributed by atoms with Gasteiger partial charge in [0.15, 0.2) is 0 Å². The molecule has 4 nitrogen and oxygen atoms in total. The highest BCUT2D eigenvalue weighted by Crippen LogP contribution is 2.29. The second kappa shape index (κ2) is 3.68. The maximum atomic E-state index is 13.2. The summed E-state index contributed by atoms with van der Waals surface area (Å²) in [5, 5.41) is 3.43. The van der Waals surface area contributed by atoms with Crippen LogP contribution in [0.25, 0.3) is 0 Å². The number of fused-ring (bicyclic) bond motifs is 2. The van der Waals surface area contributed by atoms with Crippen molar-refractivity contribution in [2.45, 2.75) is 25.0 Å². The number of pyridine rings is 1. The van der Waals surface area contributed by atoms with Crippen LogP contribution in [-0.4, -0.2) is 30.2 Å². The molecular weight excluding hydrogens is 207 g/mol. The van der Waals surface area contributed by atoms with Crippen LogP contribution in [0.4, 0.5) is 10.1 Å². The SMILES string of the molecule is NCc1cc(N2C[C@@H]3C[C@H]2CN3)cnc1F. The van der Waals surface area contributed by atoms with Gasteiger partial charge in [-0.3, -0.25) is 0 Å². The van der Waals surface area contributed by atoms with Crippen molar-refractivity contribution < 1.29 is 4.39 Å². The Kier molecular flexibility index (Phi) is 2.29. The first-order chi connectivity index (χ1) is 7.78. The number of hydrogen-bond donors (Lipinski definition) is 2. The van der Waals surface area contributed by atoms with Crippen molar-refractivity contribution in [1.82, 2.24) is 10.3 Å². The summed E-state index contributed by atoms with van der Waals surface area (Å²) in [4.78, 5) is 6.07. The average Bonchev–Trinajstić information content (AvgIpc) is 2.91. The molecule has 0 unspecified atom stereocenters. The fraction of sp³-hybridized carbons (Fsp3) is 0.545. The van der Waals surface area contributed by atoms with E-state index in [4.69, 9.17) is 5.73 Å². The molecule has 2 saturated heterocycles. The van der Waals surface area contributed by atoms with Crippen molar-refractivity contribution >= 4 is 5.69 Å². The summed E-state index contributed by atoms with van der Waals surface area (Å²) < 4.78 is 13.2. The van der Waals surface area contributed by atoms with Crippen LogP contribution in [0.1, 0.15) is 12.0 Å². The van der Waals surface area contributed by atoms with Crippen molar-refractivity contribution in [2.75, 3.05) is 18.0 Å². The first-order valence-electron chi connectivity index (χ1n) is 5.62. The number of piperazine rings is 1. The minimum Gasteiger partial charge on any atom is -0.364 e. The van der Waals surface area contributed by atoms with Crippen LogP contribution in [0.15, 0.2) is 12.3 Å². The van der Waals surface area contributed by atoms with Crippen molar-refractivity contribution in [3.8, 4) is 0 Å². The highest BCUT2D eigenvalue weighted by Gasteiger charge is 2.37. The number of nitrogens with zero attached hydrogens (tertiary/aromatic N) is 2. The van der Waals surface area contributed by atoms with Crippen LogP contribution < -0.4 is 16.0 Å². The average molecular weight is 222 g/mol. The normalized spacial score (nSPS) is 27.8. The van der Waals surface area contributed by atoms with Crippen LogP contribution in [0.5, 0.6) is 0 Å². The summed E-state index contributed by atoms with van der Waals surface area (Å²) in [6.07, 6.45) is 2.78. The molecule has 2 atom stereocenters. The smallest absolute Gasteiger partial charge is 0.217 e. The number of halogens is 1. The van der Waals surface area contributed by atoms with E-state index in [0.29, 0.717) is 17.6 Å². The van der Waals surface area contributed by atoms with Crippen LogP contribution in [0, 0.1) is 5.95 Å². The molecule has 1 aromatic rings. The third-order valence-corrected chi connectivity index (χ3v) is 3.51. The number of rotatable bonds is 2. The lowest BCUT2D eigenvalue weighted by atomic mass is 10.2. The Morgan fingerprint density at radius 1 is 1.62 bits per heavy atom. The standard InChI is InChI=1S/C11H15FN4/c12-11-7(3-13)1-9(5-15-11)16-6-8-2-10(16)4-14-8/h1,5,8,10,14H,2-4,6,13H2/t8-,10-/m0/s1. The zero-order valence-electron chi connectivity index (χ0n) is 8.99. The quantitative estimate of drug-likeness (QED) is 0.703. The number of nitrogens with two attached hydrogens (primary N) is 1. The highest BCUT2D eigenvalue weighted by atomic mass is 19.1. The van der Waals surface area contributed by atoms with E-state index in [1.807, 2.05) is 6.07 Å². The van der Waals surface area contributed by atoms with E-state index in [0.717, 1.165) is 18.8 Å². The molecule has 3 N–H and O–H groups in total. The fourth-order valence-corrected chi connectivity index (χ4v) is 2.66. The molecule has 0 spiro atoms. The molecule has 2 bridgehead atoms. The van der Waals surface area contributed by atoms with Crippen LogP contribution in [-0.2, 0) is 6.54 Å². The molecule has 2 aliphatic rings. The highest BCUT2D eigenvalue weighted by molar-refractivity contribution is 5.50. The van der Waals surface area contributed by atoms with Gasteiger partial charge in [-0.25, -0.2) is 4.98 Å². The van der Waals surface area contributed by atoms with Crippen molar-refractivity contribution in [1.29, 1.82) is 0 Å². The number of hydrogen-bond acceptors (Lipinski definition) is 4. The van der Waals surface area contributed by atoms with Gasteiger partial charge in [-0.15, -0.1) is 0 Å². The van der Waals surface area contributed by atoms with E-state index < -0.39 is 5.95 Å². The van der Waals surface area contributed by atoms with Gasteiger partial charge >= 0.3 is 0 Å². The lowest BCUT2D eigenvalue weighted by Gasteiger charge is -2.29. The third-order valence-electron chi connectivity index (χ3n) is 3.51. The number of anilines is 1. The topological polar surface area (TPSA) is 54.2 Å². The molecule has 2 fully saturated rings. The Morgan fingerprint density at radius 3 is 3.12 bits per heavy atom. The molecule has 0 radical (unpaired) electrons. The zero-order chi connectivity index (χ0) is 11.1. The van der Waals surface area contributed by atoms with E-state index in [2.05, 4.69) is 15.2 Å². The van der Waals surface area contributed by atoms with Gasteiger partial charge in [-0.05, 0) is 12.5 Å². The minimum absolute atomic E-state index is 0.201. The first kappa shape index (κ1) is 9.99. The molecule has 0 aromatic carbocycles. The van der Waals surface area contributed by atoms with Crippen LogP contribution in [0.3, 0.4) is 0 Å². The molecule has 3 rings (SSSR count). The molecule has 0 saturated carbocycles. The number of aromatic nitrogens is 1. The largest absolute Gasteiger partial charge is 0.364 e. The molecule has 2 aliphatic heterocycles. The number of nitrogens with one attached hydrogen (secondary N) is 1. The van der Waals surface area contributed by atoms with Crippen molar-refractivity contribution in [3.05, 3.63) is 23.8 Å². The first-order valence-corrected chi connectivity index (χ1v) is 5.62. The lowest BCUT2D eigenvalue weighted by molar-refractivity contribution is 0.559. The van der Waals surface area contributed by atoms with Gasteiger partial charge in [-0.1, -0.05) is 0 Å². The molecule has 3 heterocycles. The second-order valence-electron chi connectivity index (χ2n) is 4.49. The fourth-order valence-electron chi connectivity index (χ4n) is 2.66. The summed E-state index contributed by atoms with van der Waals surface area (Å²) in [6.45, 7) is 2.20. The van der Waals surface area contributed by atoms with Crippen LogP contribution in [0.2, 0.25) is 0 Å². The van der Waals surface area contributed by atoms with Gasteiger partial charge in [0.2, 0.25) is 5.95 Å². The Balaban J connectivity index is 1.89. The predicted octanol–water partition coefficient (Wildman–Crippen LogP) is 0.230. The van der Waals surface area contributed by atoms with E-state index >= 15 is 0 Å². The molecule has 0 amide bonds. The maximum absolute atomic E-state index is 13.2. The van der Waals surface area contributed by atoms with Gasteiger partial charge in [0.1, 0.15) is 0 Å². The minimum atomic E-state index is -0.450. The Bertz CT molecular complexity index is 409. The van der Waals surface area contributed by atoms with E-state index in [1.165, 1.54) is 6.42 Å². The summed E-state index contributed by atoms with van der Waals surface area (Å²) in [7, 11) is 0. The zero-order valence-corrected chi connectivity index (χ0v) is 8.99. The van der Waals surface area contributed by atoms with E-state index in [1.54, 1.807) is 6.20 Å². The molecule has 16 heavy (non-hydrogen) atoms. The molecule has 0 aliphatic carbocycles.